The first-order valence-electron chi connectivity index (χ1n) is 8.20. The van der Waals surface area contributed by atoms with E-state index in [0.29, 0.717) is 0 Å². The van der Waals surface area contributed by atoms with Crippen LogP contribution in [0.5, 0.6) is 0 Å². The summed E-state index contributed by atoms with van der Waals surface area (Å²) in [5.41, 5.74) is 5.21. The van der Waals surface area contributed by atoms with Crippen LogP contribution in [0.25, 0.3) is 0 Å². The number of carbonyl (C=O) groups excluding carboxylic acids is 3. The molecule has 3 atom stereocenters. The van der Waals surface area contributed by atoms with Gasteiger partial charge in [-0.1, -0.05) is 40.0 Å². The third kappa shape index (κ3) is 4.78. The van der Waals surface area contributed by atoms with Crippen molar-refractivity contribution in [2.24, 2.45) is 5.16 Å². The largest absolute Gasteiger partial charge is 0.456 e. The van der Waals surface area contributed by atoms with Crippen molar-refractivity contribution >= 4 is 86.5 Å². The molecule has 2 aliphatic heterocycles. The van der Waals surface area contributed by atoms with Crippen LogP contribution in [-0.2, 0) is 19.1 Å². The maximum Gasteiger partial charge on any atom is 0.354 e. The van der Waals surface area contributed by atoms with Gasteiger partial charge in [0.15, 0.2) is 10.8 Å². The van der Waals surface area contributed by atoms with Crippen molar-refractivity contribution in [1.82, 2.24) is 15.2 Å². The molecule has 15 heteroatoms. The van der Waals surface area contributed by atoms with Crippen molar-refractivity contribution in [3.63, 3.8) is 0 Å². The molecule has 0 aromatic carbocycles. The number of hydrogen-bond acceptors (Lipinski definition) is 10. The minimum absolute atomic E-state index is 0.000627. The van der Waals surface area contributed by atoms with Gasteiger partial charge in [-0.15, -0.1) is 23.1 Å². The topological polar surface area (TPSA) is 147 Å². The molecule has 4 N–H and O–H groups in total. The number of amides is 2. The minimum Gasteiger partial charge on any atom is -0.456 e. The number of ether oxygens (including phenoxy) is 1. The zero-order valence-electron chi connectivity index (χ0n) is 15.0. The number of carbonyl (C=O) groups is 3. The quantitative estimate of drug-likeness (QED) is 0.134. The van der Waals surface area contributed by atoms with E-state index in [0.717, 1.165) is 11.3 Å². The number of fused-ring (bicyclic) bond motifs is 1. The van der Waals surface area contributed by atoms with Crippen molar-refractivity contribution in [2.75, 3.05) is 12.3 Å². The van der Waals surface area contributed by atoms with E-state index in [1.165, 1.54) is 22.0 Å². The summed E-state index contributed by atoms with van der Waals surface area (Å²) in [5, 5.41) is 15.5. The number of rotatable bonds is 5. The molecule has 1 aromatic rings. The smallest absolute Gasteiger partial charge is 0.354 e. The van der Waals surface area contributed by atoms with Crippen LogP contribution >= 0.6 is 57.9 Å². The number of β-lactam (4-membered cyclic amide) rings is 1. The first kappa shape index (κ1) is 22.9. The molecule has 1 aromatic heterocycles. The number of nitrogens with one attached hydrogen (secondary N) is 1. The molecule has 0 spiro atoms. The molecule has 3 rings (SSSR count). The van der Waals surface area contributed by atoms with E-state index in [9.17, 15) is 19.6 Å². The van der Waals surface area contributed by atoms with Crippen molar-refractivity contribution in [3.05, 3.63) is 22.8 Å². The number of alkyl halides is 3. The van der Waals surface area contributed by atoms with E-state index >= 15 is 0 Å². The minimum atomic E-state index is -1.79. The summed E-state index contributed by atoms with van der Waals surface area (Å²) < 4.78 is 3.17. The fourth-order valence-corrected chi connectivity index (χ4v) is 4.80. The molecule has 162 valence electrons. The second-order valence-electron chi connectivity index (χ2n) is 6.15. The van der Waals surface area contributed by atoms with Gasteiger partial charge in [0.2, 0.25) is 3.79 Å². The maximum absolute atomic E-state index is 12.6. The first-order valence-corrected chi connectivity index (χ1v) is 11.2. The lowest BCUT2D eigenvalue weighted by molar-refractivity contribution is -0.152. The predicted molar refractivity (Wildman–Crippen MR) is 114 cm³/mol. The molecule has 30 heavy (non-hydrogen) atoms. The van der Waals surface area contributed by atoms with Gasteiger partial charge >= 0.3 is 5.97 Å². The third-order valence-corrected chi connectivity index (χ3v) is 6.32. The summed E-state index contributed by atoms with van der Waals surface area (Å²) in [7, 11) is 0. The lowest BCUT2D eigenvalue weighted by atomic mass is 10.0. The molecular formula is C15H14Cl3N5O5S2. The van der Waals surface area contributed by atoms with Gasteiger partial charge < -0.3 is 21.0 Å². The highest BCUT2D eigenvalue weighted by atomic mass is 35.6. The second kappa shape index (κ2) is 8.79. The number of thioether (sulfide) groups is 1. The van der Waals surface area contributed by atoms with Crippen LogP contribution in [0.2, 0.25) is 0 Å². The first-order chi connectivity index (χ1) is 14.0. The summed E-state index contributed by atoms with van der Waals surface area (Å²) in [6, 6.07) is -0.956. The number of nitrogens with two attached hydrogens (primary N) is 1. The lowest BCUT2D eigenvalue weighted by Gasteiger charge is -2.49. The van der Waals surface area contributed by atoms with Crippen molar-refractivity contribution in [3.8, 4) is 0 Å². The Bertz CT molecular complexity index is 947. The molecule has 1 saturated heterocycles. The molecule has 0 bridgehead atoms. The number of thiazole rings is 1. The highest BCUT2D eigenvalue weighted by Crippen LogP contribution is 2.41. The Balaban J connectivity index is 1.71. The van der Waals surface area contributed by atoms with Crippen LogP contribution < -0.4 is 11.1 Å². The van der Waals surface area contributed by atoms with E-state index in [1.807, 2.05) is 6.92 Å². The van der Waals surface area contributed by atoms with Gasteiger partial charge in [-0.2, -0.15) is 0 Å². The number of oxime groups is 1. The molecule has 0 aliphatic carbocycles. The summed E-state index contributed by atoms with van der Waals surface area (Å²) in [5.74, 6) is -2.18. The Hall–Kier alpha value is -1.73. The zero-order chi connectivity index (χ0) is 22.2. The molecular weight excluding hydrogens is 501 g/mol. The second-order valence-corrected chi connectivity index (χ2v) is 11.1. The molecule has 0 saturated carbocycles. The SMILES string of the molecule is CC1C=C(C(=O)OCC(Cl)(Cl)Cl)N2C(=O)C(NC(=O)C(=NO)c3csc(N)n3)[C@H]2S1. The fourth-order valence-electron chi connectivity index (χ4n) is 2.76. The van der Waals surface area contributed by atoms with E-state index in [4.69, 9.17) is 45.3 Å². The Morgan fingerprint density at radius 3 is 2.73 bits per heavy atom. The normalized spacial score (nSPS) is 23.9. The van der Waals surface area contributed by atoms with Crippen LogP contribution in [0.3, 0.4) is 0 Å². The summed E-state index contributed by atoms with van der Waals surface area (Å²) in [6.07, 6.45) is 1.55. The van der Waals surface area contributed by atoms with Gasteiger partial charge in [0, 0.05) is 10.6 Å². The van der Waals surface area contributed by atoms with Gasteiger partial charge in [-0.25, -0.2) is 9.78 Å². The maximum atomic E-state index is 12.6. The average Bonchev–Trinajstić information content (AvgIpc) is 3.09. The fraction of sp³-hybridized carbons (Fsp3) is 0.400. The predicted octanol–water partition coefficient (Wildman–Crippen LogP) is 1.49. The van der Waals surface area contributed by atoms with Crippen LogP contribution in [0.4, 0.5) is 5.13 Å². The van der Waals surface area contributed by atoms with Gasteiger partial charge in [0.1, 0.15) is 29.4 Å². The highest BCUT2D eigenvalue weighted by molar-refractivity contribution is 8.00. The summed E-state index contributed by atoms with van der Waals surface area (Å²) in [6.45, 7) is 1.32. The molecule has 2 aliphatic rings. The van der Waals surface area contributed by atoms with Gasteiger partial charge in [0.25, 0.3) is 11.8 Å². The summed E-state index contributed by atoms with van der Waals surface area (Å²) >= 11 is 19.2. The average molecular weight is 515 g/mol. The Morgan fingerprint density at radius 2 is 2.17 bits per heavy atom. The molecule has 2 amide bonds. The number of halogens is 3. The number of esters is 1. The zero-order valence-corrected chi connectivity index (χ0v) is 18.9. The molecule has 10 nitrogen and oxygen atoms in total. The third-order valence-electron chi connectivity index (χ3n) is 3.99. The lowest BCUT2D eigenvalue weighted by Crippen LogP contribution is -2.71. The summed E-state index contributed by atoms with van der Waals surface area (Å²) in [4.78, 5) is 42.6. The van der Waals surface area contributed by atoms with Crippen molar-refractivity contribution < 1.29 is 24.3 Å². The molecule has 3 heterocycles. The van der Waals surface area contributed by atoms with E-state index in [-0.39, 0.29) is 27.5 Å². The van der Waals surface area contributed by atoms with Crippen LogP contribution in [0.15, 0.2) is 22.3 Å². The number of hydrogen-bond donors (Lipinski definition) is 3. The Kier molecular flexibility index (Phi) is 6.72. The Labute approximate surface area is 193 Å². The van der Waals surface area contributed by atoms with E-state index in [2.05, 4.69) is 15.5 Å². The van der Waals surface area contributed by atoms with Gasteiger partial charge in [-0.05, 0) is 13.0 Å². The van der Waals surface area contributed by atoms with E-state index < -0.39 is 39.6 Å². The van der Waals surface area contributed by atoms with Crippen molar-refractivity contribution in [2.45, 2.75) is 27.4 Å². The Morgan fingerprint density at radius 1 is 1.47 bits per heavy atom. The number of nitrogens with zero attached hydrogens (tertiary/aromatic N) is 3. The van der Waals surface area contributed by atoms with E-state index in [1.54, 1.807) is 6.08 Å². The van der Waals surface area contributed by atoms with Crippen LogP contribution in [0, 0.1) is 0 Å². The van der Waals surface area contributed by atoms with Crippen molar-refractivity contribution in [1.29, 1.82) is 0 Å². The molecule has 2 unspecified atom stereocenters. The van der Waals surface area contributed by atoms with Crippen LogP contribution in [-0.4, -0.2) is 65.7 Å². The number of nitrogen functional groups attached to an aromatic ring is 1. The highest BCUT2D eigenvalue weighted by Gasteiger charge is 2.54. The van der Waals surface area contributed by atoms with Gasteiger partial charge in [-0.3, -0.25) is 14.5 Å². The number of anilines is 1. The monoisotopic (exact) mass is 513 g/mol. The molecule has 1 fully saturated rings. The van der Waals surface area contributed by atoms with Gasteiger partial charge in [0.05, 0.1) is 0 Å². The number of aromatic nitrogens is 1. The van der Waals surface area contributed by atoms with Crippen LogP contribution in [0.1, 0.15) is 12.6 Å². The molecule has 0 radical (unpaired) electrons. The standard InChI is InChI=1S/C15H14Cl3N5O5S2/c1-5-2-7(13(26)28-4-15(16,17)18)23-11(25)9(12(23)30-5)21-10(24)8(22-27)6-3-29-14(19)20-6/h2-3,5,9,12,27H,4H2,1H3,(H2,19,20)(H,21,24)/t5?,9?,12-/m1/s1.